The molecule has 4 N–H and O–H groups in total. The van der Waals surface area contributed by atoms with Crippen LogP contribution in [-0.2, 0) is 30.5 Å². The Morgan fingerprint density at radius 3 is 2.32 bits per heavy atom. The number of nitrogens with one attached hydrogen (secondary N) is 1. The normalized spacial score (nSPS) is 14.2. The minimum atomic E-state index is -1.40. The number of aliphatic carboxylic acids is 1. The van der Waals surface area contributed by atoms with Crippen molar-refractivity contribution < 1.29 is 37.9 Å². The summed E-state index contributed by atoms with van der Waals surface area (Å²) < 4.78 is 31.3. The molecular formula is C36H41F2N5O6S. The van der Waals surface area contributed by atoms with Gasteiger partial charge in [0.25, 0.3) is 11.8 Å². The molecule has 2 aromatic carbocycles. The van der Waals surface area contributed by atoms with Gasteiger partial charge >= 0.3 is 5.97 Å². The summed E-state index contributed by atoms with van der Waals surface area (Å²) in [6, 6.07) is 12.6. The van der Waals surface area contributed by atoms with Gasteiger partial charge in [-0.25, -0.2) is 13.6 Å². The monoisotopic (exact) mass is 709 g/mol. The highest BCUT2D eigenvalue weighted by Crippen LogP contribution is 2.41. The molecule has 2 atom stereocenters. The second kappa shape index (κ2) is 16.7. The molecule has 0 saturated carbocycles. The third-order valence-corrected chi connectivity index (χ3v) is 9.07. The van der Waals surface area contributed by atoms with Gasteiger partial charge in [-0.05, 0) is 48.2 Å². The Kier molecular flexibility index (Phi) is 12.7. The fraction of sp³-hybridized carbons (Fsp3) is 0.361. The van der Waals surface area contributed by atoms with Crippen molar-refractivity contribution >= 4 is 41.4 Å². The van der Waals surface area contributed by atoms with Gasteiger partial charge in [0, 0.05) is 54.0 Å². The molecule has 50 heavy (non-hydrogen) atoms. The van der Waals surface area contributed by atoms with Crippen molar-refractivity contribution in [2.24, 2.45) is 11.1 Å². The zero-order valence-corrected chi connectivity index (χ0v) is 28.9. The number of amides is 4. The molecule has 0 bridgehead atoms. The number of benzene rings is 2. The number of imide groups is 1. The number of hydrogen-bond acceptors (Lipinski definition) is 7. The lowest BCUT2D eigenvalue weighted by molar-refractivity contribution is -0.143. The van der Waals surface area contributed by atoms with Gasteiger partial charge in [0.1, 0.15) is 24.2 Å². The van der Waals surface area contributed by atoms with Crippen molar-refractivity contribution in [1.29, 1.82) is 0 Å². The molecule has 4 amide bonds. The number of carboxylic acids is 1. The largest absolute Gasteiger partial charge is 0.480 e. The van der Waals surface area contributed by atoms with Gasteiger partial charge in [0.15, 0.2) is 0 Å². The molecule has 1 aliphatic heterocycles. The number of halogens is 2. The van der Waals surface area contributed by atoms with Crippen molar-refractivity contribution in [3.05, 3.63) is 95.8 Å². The number of carbonyl (C=O) groups is 5. The van der Waals surface area contributed by atoms with E-state index in [1.807, 2.05) is 55.7 Å². The predicted octanol–water partition coefficient (Wildman–Crippen LogP) is 3.97. The Balaban J connectivity index is 1.60. The molecule has 0 saturated heterocycles. The smallest absolute Gasteiger partial charge is 0.327 e. The molecular weight excluding hydrogens is 668 g/mol. The van der Waals surface area contributed by atoms with Crippen LogP contribution >= 0.6 is 11.8 Å². The van der Waals surface area contributed by atoms with Crippen molar-refractivity contribution in [3.8, 4) is 11.1 Å². The summed E-state index contributed by atoms with van der Waals surface area (Å²) in [4.78, 5) is 64.5. The van der Waals surface area contributed by atoms with Gasteiger partial charge in [0.05, 0.1) is 11.8 Å². The van der Waals surface area contributed by atoms with E-state index in [-0.39, 0.29) is 29.5 Å². The molecule has 14 heteroatoms. The number of aromatic nitrogens is 1. The molecule has 0 spiro atoms. The average Bonchev–Trinajstić information content (AvgIpc) is 3.60. The SMILES string of the molecule is CC(C)(C)C(c1cc(-c2cc(F)ccc2F)cn1Cc1ccccc1)N(CCCN)C(=O)CSCC(NC(=O)CN1C(=O)C=CC1=O)C(=O)O. The quantitative estimate of drug-likeness (QED) is 0.189. The Morgan fingerprint density at radius 1 is 1.02 bits per heavy atom. The van der Waals surface area contributed by atoms with E-state index >= 15 is 4.39 Å². The van der Waals surface area contributed by atoms with E-state index in [0.717, 1.165) is 47.7 Å². The summed E-state index contributed by atoms with van der Waals surface area (Å²) in [6.07, 6.45) is 4.25. The lowest BCUT2D eigenvalue weighted by atomic mass is 9.83. The fourth-order valence-electron chi connectivity index (χ4n) is 5.76. The maximum atomic E-state index is 15.0. The lowest BCUT2D eigenvalue weighted by Crippen LogP contribution is -2.48. The average molecular weight is 710 g/mol. The highest BCUT2D eigenvalue weighted by atomic mass is 32.2. The van der Waals surface area contributed by atoms with Crippen LogP contribution in [-0.4, -0.2) is 86.3 Å². The highest BCUT2D eigenvalue weighted by Gasteiger charge is 2.37. The molecule has 11 nitrogen and oxygen atoms in total. The summed E-state index contributed by atoms with van der Waals surface area (Å²) in [5, 5.41) is 12.1. The molecule has 0 radical (unpaired) electrons. The third-order valence-electron chi connectivity index (χ3n) is 8.05. The fourth-order valence-corrected chi connectivity index (χ4v) is 6.68. The van der Waals surface area contributed by atoms with E-state index < -0.39 is 59.4 Å². The van der Waals surface area contributed by atoms with Crippen LogP contribution in [0.1, 0.15) is 44.5 Å². The molecule has 266 valence electrons. The van der Waals surface area contributed by atoms with E-state index in [1.165, 1.54) is 0 Å². The number of nitrogens with zero attached hydrogens (tertiary/aromatic N) is 3. The Morgan fingerprint density at radius 2 is 1.70 bits per heavy atom. The van der Waals surface area contributed by atoms with Gasteiger partial charge in [0.2, 0.25) is 11.8 Å². The molecule has 4 rings (SSSR count). The first kappa shape index (κ1) is 38.0. The number of rotatable bonds is 16. The van der Waals surface area contributed by atoms with Crippen molar-refractivity contribution in [2.45, 2.75) is 45.8 Å². The van der Waals surface area contributed by atoms with Crippen molar-refractivity contribution in [1.82, 2.24) is 19.7 Å². The summed E-state index contributed by atoms with van der Waals surface area (Å²) in [7, 11) is 0. The van der Waals surface area contributed by atoms with Crippen LogP contribution < -0.4 is 11.1 Å². The summed E-state index contributed by atoms with van der Waals surface area (Å²) in [6.45, 7) is 6.22. The second-order valence-corrected chi connectivity index (χ2v) is 14.0. The van der Waals surface area contributed by atoms with Crippen LogP contribution in [0.3, 0.4) is 0 Å². The van der Waals surface area contributed by atoms with E-state index in [4.69, 9.17) is 5.73 Å². The molecule has 1 aromatic heterocycles. The van der Waals surface area contributed by atoms with Crippen LogP contribution in [0.25, 0.3) is 11.1 Å². The van der Waals surface area contributed by atoms with Gasteiger partial charge in [-0.2, -0.15) is 0 Å². The third kappa shape index (κ3) is 9.66. The zero-order valence-electron chi connectivity index (χ0n) is 28.1. The minimum absolute atomic E-state index is 0.0811. The maximum Gasteiger partial charge on any atom is 0.327 e. The Hall–Kier alpha value is -4.82. The number of hydrogen-bond donors (Lipinski definition) is 3. The zero-order chi connectivity index (χ0) is 36.6. The molecule has 2 unspecified atom stereocenters. The van der Waals surface area contributed by atoms with E-state index in [9.17, 15) is 33.5 Å². The molecule has 1 aliphatic rings. The second-order valence-electron chi connectivity index (χ2n) is 13.0. The van der Waals surface area contributed by atoms with Crippen LogP contribution in [0.15, 0.2) is 72.9 Å². The van der Waals surface area contributed by atoms with Crippen LogP contribution in [0.2, 0.25) is 0 Å². The van der Waals surface area contributed by atoms with Crippen LogP contribution in [0, 0.1) is 17.0 Å². The van der Waals surface area contributed by atoms with Gasteiger partial charge in [-0.1, -0.05) is 51.1 Å². The first-order chi connectivity index (χ1) is 23.7. The summed E-state index contributed by atoms with van der Waals surface area (Å²) in [5.74, 6) is -5.35. The van der Waals surface area contributed by atoms with Crippen LogP contribution in [0.4, 0.5) is 8.78 Å². The molecule has 2 heterocycles. The summed E-state index contributed by atoms with van der Waals surface area (Å²) >= 11 is 1.01. The van der Waals surface area contributed by atoms with E-state index in [0.29, 0.717) is 35.7 Å². The first-order valence-electron chi connectivity index (χ1n) is 16.0. The standard InChI is InChI=1S/C36H41F2N5O6S/c1-36(2,3)34(29-16-24(26-17-25(37)10-11-27(26)38)19-41(29)18-23-8-5-4-6-9-23)42(15-7-14-39)33(47)22-50-21-28(35(48)49)40-30(44)20-43-31(45)12-13-32(43)46/h4-6,8-13,16-17,19,28,34H,7,14-15,18,20-22,39H2,1-3H3,(H,40,44)(H,48,49). The molecule has 0 aliphatic carbocycles. The lowest BCUT2D eigenvalue weighted by Gasteiger charge is -2.41. The molecule has 0 fully saturated rings. The minimum Gasteiger partial charge on any atom is -0.480 e. The van der Waals surface area contributed by atoms with Crippen molar-refractivity contribution in [3.63, 3.8) is 0 Å². The Bertz CT molecular complexity index is 1740. The number of thioether (sulfide) groups is 1. The van der Waals surface area contributed by atoms with E-state index in [1.54, 1.807) is 17.2 Å². The first-order valence-corrected chi connectivity index (χ1v) is 17.2. The highest BCUT2D eigenvalue weighted by molar-refractivity contribution is 8.00. The number of nitrogens with two attached hydrogens (primary N) is 1. The number of carbonyl (C=O) groups excluding carboxylic acids is 4. The van der Waals surface area contributed by atoms with Gasteiger partial charge in [-0.3, -0.25) is 24.1 Å². The molecule has 3 aromatic rings. The van der Waals surface area contributed by atoms with Crippen molar-refractivity contribution in [2.75, 3.05) is 31.1 Å². The summed E-state index contributed by atoms with van der Waals surface area (Å²) in [5.41, 5.74) is 7.47. The predicted molar refractivity (Wildman–Crippen MR) is 186 cm³/mol. The number of carboxylic acid groups (broad SMARTS) is 1. The van der Waals surface area contributed by atoms with E-state index in [2.05, 4.69) is 5.32 Å². The topological polar surface area (TPSA) is 155 Å². The maximum absolute atomic E-state index is 15.0. The van der Waals surface area contributed by atoms with Gasteiger partial charge < -0.3 is 25.6 Å². The Labute approximate surface area is 293 Å². The van der Waals surface area contributed by atoms with Gasteiger partial charge in [-0.15, -0.1) is 11.8 Å². The van der Waals surface area contributed by atoms with Crippen LogP contribution in [0.5, 0.6) is 0 Å².